The first kappa shape index (κ1) is 19.9. The van der Waals surface area contributed by atoms with E-state index in [0.717, 1.165) is 48.4 Å². The molecule has 0 bridgehead atoms. The highest BCUT2D eigenvalue weighted by Gasteiger charge is 2.38. The second kappa shape index (κ2) is 7.91. The van der Waals surface area contributed by atoms with E-state index in [1.54, 1.807) is 4.90 Å². The predicted molar refractivity (Wildman–Crippen MR) is 124 cm³/mol. The zero-order valence-electron chi connectivity index (χ0n) is 18.2. The van der Waals surface area contributed by atoms with Crippen molar-refractivity contribution in [1.82, 2.24) is 5.32 Å². The van der Waals surface area contributed by atoms with Crippen molar-refractivity contribution in [3.63, 3.8) is 0 Å². The third kappa shape index (κ3) is 3.87. The van der Waals surface area contributed by atoms with Crippen LogP contribution < -0.4 is 20.4 Å². The van der Waals surface area contributed by atoms with E-state index in [9.17, 15) is 9.59 Å². The zero-order valence-corrected chi connectivity index (χ0v) is 18.2. The second-order valence-corrected chi connectivity index (χ2v) is 9.07. The molecule has 6 nitrogen and oxygen atoms in total. The molecule has 2 aliphatic carbocycles. The number of anilines is 4. The number of nitrogens with zero attached hydrogens (tertiary/aromatic N) is 2. The Balaban J connectivity index is 1.38. The van der Waals surface area contributed by atoms with Crippen LogP contribution in [0.4, 0.5) is 22.7 Å². The normalized spacial score (nSPS) is 21.2. The molecule has 1 heterocycles. The van der Waals surface area contributed by atoms with E-state index in [0.29, 0.717) is 17.6 Å². The van der Waals surface area contributed by atoms with Gasteiger partial charge < -0.3 is 20.4 Å². The van der Waals surface area contributed by atoms with Crippen LogP contribution in [-0.2, 0) is 4.79 Å². The van der Waals surface area contributed by atoms with Crippen LogP contribution in [0.2, 0.25) is 0 Å². The van der Waals surface area contributed by atoms with Crippen LogP contribution in [0, 0.1) is 0 Å². The van der Waals surface area contributed by atoms with Crippen molar-refractivity contribution in [2.24, 2.45) is 0 Å². The van der Waals surface area contributed by atoms with Crippen molar-refractivity contribution in [1.29, 1.82) is 0 Å². The molecular weight excluding hydrogens is 388 g/mol. The summed E-state index contributed by atoms with van der Waals surface area (Å²) in [5.74, 6) is 0.150. The summed E-state index contributed by atoms with van der Waals surface area (Å²) in [6.07, 6.45) is 6.91. The van der Waals surface area contributed by atoms with Gasteiger partial charge in [-0.2, -0.15) is 0 Å². The summed E-state index contributed by atoms with van der Waals surface area (Å²) in [7, 11) is 1.86. The molecule has 162 valence electrons. The minimum atomic E-state index is -0.153. The highest BCUT2D eigenvalue weighted by atomic mass is 16.2. The Labute approximate surface area is 183 Å². The summed E-state index contributed by atoms with van der Waals surface area (Å²) in [5.41, 5.74) is 4.68. The van der Waals surface area contributed by atoms with Gasteiger partial charge in [-0.25, -0.2) is 0 Å². The lowest BCUT2D eigenvalue weighted by Gasteiger charge is -2.43. The molecule has 0 spiro atoms. The van der Waals surface area contributed by atoms with Crippen molar-refractivity contribution in [2.75, 3.05) is 22.2 Å². The van der Waals surface area contributed by atoms with E-state index in [4.69, 9.17) is 0 Å². The number of amides is 2. The lowest BCUT2D eigenvalue weighted by atomic mass is 10.0. The monoisotopic (exact) mass is 418 g/mol. The standard InChI is InChI=1S/C25H30N4O2/c1-16-25(31)28(2)22-14-13-20(15-23(22)29(16)21-5-3-4-6-21)26-18-9-7-17(8-10-18)24(30)27-19-11-12-19/h7-10,13-16,19,21,26H,3-6,11-12H2,1-2H3,(H,27,30). The quantitative estimate of drug-likeness (QED) is 0.754. The van der Waals surface area contributed by atoms with E-state index in [1.165, 1.54) is 12.8 Å². The first-order chi connectivity index (χ1) is 15.0. The Morgan fingerprint density at radius 1 is 0.935 bits per heavy atom. The Bertz CT molecular complexity index is 993. The summed E-state index contributed by atoms with van der Waals surface area (Å²) < 4.78 is 0. The number of benzene rings is 2. The average molecular weight is 419 g/mol. The first-order valence-corrected chi connectivity index (χ1v) is 11.4. The first-order valence-electron chi connectivity index (χ1n) is 11.4. The van der Waals surface area contributed by atoms with Gasteiger partial charge >= 0.3 is 0 Å². The van der Waals surface area contributed by atoms with Crippen LogP contribution in [0.1, 0.15) is 55.8 Å². The summed E-state index contributed by atoms with van der Waals surface area (Å²) >= 11 is 0. The minimum Gasteiger partial charge on any atom is -0.355 e. The van der Waals surface area contributed by atoms with E-state index in [-0.39, 0.29) is 17.9 Å². The van der Waals surface area contributed by atoms with E-state index >= 15 is 0 Å². The van der Waals surface area contributed by atoms with Crippen molar-refractivity contribution in [3.8, 4) is 0 Å². The largest absolute Gasteiger partial charge is 0.355 e. The van der Waals surface area contributed by atoms with Gasteiger partial charge in [0.1, 0.15) is 6.04 Å². The fourth-order valence-electron chi connectivity index (χ4n) is 4.88. The number of rotatable bonds is 5. The zero-order chi connectivity index (χ0) is 21.5. The molecule has 3 aliphatic rings. The van der Waals surface area contributed by atoms with Crippen LogP contribution in [0.25, 0.3) is 0 Å². The lowest BCUT2D eigenvalue weighted by Crippen LogP contribution is -2.54. The van der Waals surface area contributed by atoms with Crippen molar-refractivity contribution >= 4 is 34.6 Å². The molecule has 1 unspecified atom stereocenters. The number of fused-ring (bicyclic) bond motifs is 1. The average Bonchev–Trinajstić information content (AvgIpc) is 3.42. The van der Waals surface area contributed by atoms with Gasteiger partial charge in [0.05, 0.1) is 11.4 Å². The maximum Gasteiger partial charge on any atom is 0.251 e. The van der Waals surface area contributed by atoms with Crippen molar-refractivity contribution < 1.29 is 9.59 Å². The molecule has 5 rings (SSSR count). The van der Waals surface area contributed by atoms with Gasteiger partial charge in [-0.15, -0.1) is 0 Å². The van der Waals surface area contributed by atoms with Gasteiger partial charge in [-0.05, 0) is 75.1 Å². The number of hydrogen-bond donors (Lipinski definition) is 2. The smallest absolute Gasteiger partial charge is 0.251 e. The van der Waals surface area contributed by atoms with E-state index in [2.05, 4.69) is 21.6 Å². The van der Waals surface area contributed by atoms with Crippen LogP contribution >= 0.6 is 0 Å². The summed E-state index contributed by atoms with van der Waals surface area (Å²) in [6, 6.07) is 14.4. The summed E-state index contributed by atoms with van der Waals surface area (Å²) in [6.45, 7) is 2.02. The number of hydrogen-bond acceptors (Lipinski definition) is 4. The second-order valence-electron chi connectivity index (χ2n) is 9.07. The third-order valence-corrected chi connectivity index (χ3v) is 6.79. The molecule has 2 aromatic carbocycles. The van der Waals surface area contributed by atoms with Gasteiger partial charge in [0, 0.05) is 36.1 Å². The van der Waals surface area contributed by atoms with Crippen LogP contribution in [0.5, 0.6) is 0 Å². The molecule has 1 atom stereocenters. The molecule has 6 heteroatoms. The van der Waals surface area contributed by atoms with Crippen LogP contribution in [-0.4, -0.2) is 37.0 Å². The van der Waals surface area contributed by atoms with Gasteiger partial charge in [-0.3, -0.25) is 9.59 Å². The number of carbonyl (C=O) groups is 2. The number of likely N-dealkylation sites (N-methyl/N-ethyl adjacent to an activating group) is 1. The molecule has 2 saturated carbocycles. The molecular formula is C25H30N4O2. The predicted octanol–water partition coefficient (Wildman–Crippen LogP) is 4.44. The minimum absolute atomic E-state index is 0.00303. The Hall–Kier alpha value is -3.02. The Morgan fingerprint density at radius 2 is 1.61 bits per heavy atom. The Kier molecular flexibility index (Phi) is 5.08. The lowest BCUT2D eigenvalue weighted by molar-refractivity contribution is -0.119. The fourth-order valence-corrected chi connectivity index (χ4v) is 4.88. The molecule has 0 saturated heterocycles. The highest BCUT2D eigenvalue weighted by molar-refractivity contribution is 6.05. The summed E-state index contributed by atoms with van der Waals surface area (Å²) in [5, 5.41) is 6.48. The van der Waals surface area contributed by atoms with Gasteiger partial charge in [-0.1, -0.05) is 12.8 Å². The van der Waals surface area contributed by atoms with E-state index in [1.807, 2.05) is 50.4 Å². The van der Waals surface area contributed by atoms with Gasteiger partial charge in [0.15, 0.2) is 0 Å². The van der Waals surface area contributed by atoms with Gasteiger partial charge in [0.2, 0.25) is 5.91 Å². The van der Waals surface area contributed by atoms with Crippen LogP contribution in [0.3, 0.4) is 0 Å². The molecule has 2 N–H and O–H groups in total. The molecule has 0 aromatic heterocycles. The fraction of sp³-hybridized carbons (Fsp3) is 0.440. The summed E-state index contributed by atoms with van der Waals surface area (Å²) in [4.78, 5) is 29.1. The van der Waals surface area contributed by atoms with Crippen LogP contribution in [0.15, 0.2) is 42.5 Å². The van der Waals surface area contributed by atoms with Gasteiger partial charge in [0.25, 0.3) is 5.91 Å². The third-order valence-electron chi connectivity index (χ3n) is 6.79. The topological polar surface area (TPSA) is 64.7 Å². The Morgan fingerprint density at radius 3 is 2.29 bits per heavy atom. The maximum absolute atomic E-state index is 12.8. The molecule has 2 aromatic rings. The van der Waals surface area contributed by atoms with Crippen molar-refractivity contribution in [2.45, 2.75) is 63.6 Å². The maximum atomic E-state index is 12.8. The number of carbonyl (C=O) groups excluding carboxylic acids is 2. The number of nitrogens with one attached hydrogen (secondary N) is 2. The molecule has 2 amide bonds. The van der Waals surface area contributed by atoms with E-state index < -0.39 is 0 Å². The molecule has 2 fully saturated rings. The SMILES string of the molecule is CC1C(=O)N(C)c2ccc(Nc3ccc(C(=O)NC4CC4)cc3)cc2N1C1CCCC1. The molecule has 0 radical (unpaired) electrons. The molecule has 31 heavy (non-hydrogen) atoms. The highest BCUT2D eigenvalue weighted by Crippen LogP contribution is 2.42. The molecule has 1 aliphatic heterocycles. The van der Waals surface area contributed by atoms with Crippen molar-refractivity contribution in [3.05, 3.63) is 48.0 Å².